The molecule has 1 saturated heterocycles. The van der Waals surface area contributed by atoms with Crippen molar-refractivity contribution in [1.82, 2.24) is 20.4 Å². The van der Waals surface area contributed by atoms with E-state index in [0.29, 0.717) is 18.7 Å². The first-order chi connectivity index (χ1) is 12.1. The lowest BCUT2D eigenvalue weighted by atomic mass is 9.86. The number of nitrogens with one attached hydrogen (secondary N) is 2. The van der Waals surface area contributed by atoms with Gasteiger partial charge in [-0.25, -0.2) is 4.79 Å². The maximum absolute atomic E-state index is 11.8. The normalized spacial score (nSPS) is 27.5. The first-order valence-corrected chi connectivity index (χ1v) is 9.19. The first kappa shape index (κ1) is 18.2. The number of amides is 1. The Morgan fingerprint density at radius 2 is 1.92 bits per heavy atom. The molecule has 1 aliphatic carbocycles. The minimum Gasteiger partial charge on any atom is -0.445 e. The van der Waals surface area contributed by atoms with Crippen LogP contribution in [0, 0.1) is 0 Å². The van der Waals surface area contributed by atoms with Gasteiger partial charge in [-0.1, -0.05) is 30.3 Å². The molecule has 0 spiro atoms. The van der Waals surface area contributed by atoms with Crippen molar-refractivity contribution in [3.63, 3.8) is 0 Å². The second kappa shape index (κ2) is 8.65. The molecule has 0 bridgehead atoms. The molecule has 25 heavy (non-hydrogen) atoms. The van der Waals surface area contributed by atoms with E-state index in [9.17, 15) is 4.79 Å². The molecule has 1 aromatic carbocycles. The van der Waals surface area contributed by atoms with Crippen LogP contribution >= 0.6 is 0 Å². The van der Waals surface area contributed by atoms with E-state index >= 15 is 0 Å². The van der Waals surface area contributed by atoms with Crippen LogP contribution in [0.25, 0.3) is 0 Å². The summed E-state index contributed by atoms with van der Waals surface area (Å²) < 4.78 is 5.27. The minimum absolute atomic E-state index is 0.229. The van der Waals surface area contributed by atoms with Gasteiger partial charge in [-0.05, 0) is 32.5 Å². The second-order valence-electron chi connectivity index (χ2n) is 7.38. The monoisotopic (exact) mass is 346 g/mol. The summed E-state index contributed by atoms with van der Waals surface area (Å²) in [6.07, 6.45) is 1.64. The Bertz CT molecular complexity index is 548. The van der Waals surface area contributed by atoms with Crippen molar-refractivity contribution in [3.8, 4) is 0 Å². The lowest BCUT2D eigenvalue weighted by Crippen LogP contribution is -2.58. The second-order valence-corrected chi connectivity index (χ2v) is 7.38. The van der Waals surface area contributed by atoms with Crippen LogP contribution in [0.3, 0.4) is 0 Å². The number of ether oxygens (including phenoxy) is 1. The molecule has 6 heteroatoms. The number of piperazine rings is 1. The standard InChI is InChI=1S/C19H30N4O2/c1-22-8-9-23(2)18(13-22)12-20-16-10-17(11-16)21-19(24)25-14-15-6-4-3-5-7-15/h3-7,16-18,20H,8-14H2,1-2H3,(H,21,24). The zero-order valence-electron chi connectivity index (χ0n) is 15.3. The summed E-state index contributed by atoms with van der Waals surface area (Å²) in [7, 11) is 4.39. The highest BCUT2D eigenvalue weighted by atomic mass is 16.5. The molecule has 0 radical (unpaired) electrons. The number of likely N-dealkylation sites (N-methyl/N-ethyl adjacent to an activating group) is 2. The topological polar surface area (TPSA) is 56.8 Å². The van der Waals surface area contributed by atoms with Gasteiger partial charge in [0.05, 0.1) is 0 Å². The van der Waals surface area contributed by atoms with Crippen LogP contribution in [0.2, 0.25) is 0 Å². The van der Waals surface area contributed by atoms with Crippen molar-refractivity contribution in [2.75, 3.05) is 40.3 Å². The van der Waals surface area contributed by atoms with Crippen LogP contribution < -0.4 is 10.6 Å². The Kier molecular flexibility index (Phi) is 6.29. The predicted molar refractivity (Wildman–Crippen MR) is 98.5 cm³/mol. The van der Waals surface area contributed by atoms with Gasteiger partial charge in [-0.3, -0.25) is 4.90 Å². The molecule has 1 aliphatic heterocycles. The van der Waals surface area contributed by atoms with Crippen LogP contribution in [0.15, 0.2) is 30.3 Å². The number of benzene rings is 1. The van der Waals surface area contributed by atoms with Crippen LogP contribution in [-0.2, 0) is 11.3 Å². The summed E-state index contributed by atoms with van der Waals surface area (Å²) in [6, 6.07) is 11.1. The van der Waals surface area contributed by atoms with Crippen molar-refractivity contribution in [1.29, 1.82) is 0 Å². The first-order valence-electron chi connectivity index (χ1n) is 9.19. The lowest BCUT2D eigenvalue weighted by molar-refractivity contribution is 0.103. The fourth-order valence-corrected chi connectivity index (χ4v) is 3.46. The minimum atomic E-state index is -0.319. The molecule has 1 unspecified atom stereocenters. The summed E-state index contributed by atoms with van der Waals surface area (Å²) in [5, 5.41) is 6.59. The molecular formula is C19H30N4O2. The summed E-state index contributed by atoms with van der Waals surface area (Å²) >= 11 is 0. The highest BCUT2D eigenvalue weighted by Gasteiger charge is 2.31. The van der Waals surface area contributed by atoms with Gasteiger partial charge in [0.25, 0.3) is 0 Å². The SMILES string of the molecule is CN1CCN(C)C(CNC2CC(NC(=O)OCc3ccccc3)C2)C1. The van der Waals surface area contributed by atoms with E-state index in [0.717, 1.165) is 44.6 Å². The van der Waals surface area contributed by atoms with Gasteiger partial charge in [-0.2, -0.15) is 0 Å². The van der Waals surface area contributed by atoms with E-state index < -0.39 is 0 Å². The summed E-state index contributed by atoms with van der Waals surface area (Å²) in [6.45, 7) is 4.72. The quantitative estimate of drug-likeness (QED) is 0.813. The molecular weight excluding hydrogens is 316 g/mol. The average molecular weight is 346 g/mol. The van der Waals surface area contributed by atoms with E-state index in [1.807, 2.05) is 30.3 Å². The largest absolute Gasteiger partial charge is 0.445 e. The molecule has 2 N–H and O–H groups in total. The van der Waals surface area contributed by atoms with Crippen molar-refractivity contribution in [3.05, 3.63) is 35.9 Å². The molecule has 1 heterocycles. The number of rotatable bonds is 6. The van der Waals surface area contributed by atoms with Crippen molar-refractivity contribution >= 4 is 6.09 Å². The third kappa shape index (κ3) is 5.42. The highest BCUT2D eigenvalue weighted by Crippen LogP contribution is 2.20. The Morgan fingerprint density at radius 1 is 1.16 bits per heavy atom. The molecule has 138 valence electrons. The molecule has 3 rings (SSSR count). The molecule has 1 atom stereocenters. The Hall–Kier alpha value is -1.63. The van der Waals surface area contributed by atoms with Gasteiger partial charge in [0.15, 0.2) is 0 Å². The van der Waals surface area contributed by atoms with Crippen LogP contribution in [-0.4, -0.2) is 74.3 Å². The zero-order valence-corrected chi connectivity index (χ0v) is 15.3. The van der Waals surface area contributed by atoms with Crippen LogP contribution in [0.1, 0.15) is 18.4 Å². The number of nitrogens with zero attached hydrogens (tertiary/aromatic N) is 2. The van der Waals surface area contributed by atoms with Gasteiger partial charge in [0.2, 0.25) is 0 Å². The zero-order chi connectivity index (χ0) is 17.6. The number of carbonyl (C=O) groups is 1. The molecule has 1 aromatic rings. The van der Waals surface area contributed by atoms with E-state index in [2.05, 4.69) is 34.5 Å². The van der Waals surface area contributed by atoms with E-state index in [-0.39, 0.29) is 12.1 Å². The molecule has 2 aliphatic rings. The number of alkyl carbamates (subject to hydrolysis) is 1. The molecule has 1 amide bonds. The lowest BCUT2D eigenvalue weighted by Gasteiger charge is -2.41. The predicted octanol–water partition coefficient (Wildman–Crippen LogP) is 1.28. The maximum Gasteiger partial charge on any atom is 0.407 e. The van der Waals surface area contributed by atoms with Crippen LogP contribution in [0.5, 0.6) is 0 Å². The van der Waals surface area contributed by atoms with Gasteiger partial charge in [0, 0.05) is 44.3 Å². The highest BCUT2D eigenvalue weighted by molar-refractivity contribution is 5.67. The van der Waals surface area contributed by atoms with Gasteiger partial charge in [-0.15, -0.1) is 0 Å². The fraction of sp³-hybridized carbons (Fsp3) is 0.632. The van der Waals surface area contributed by atoms with Crippen molar-refractivity contribution in [2.45, 2.75) is 37.6 Å². The smallest absolute Gasteiger partial charge is 0.407 e. The van der Waals surface area contributed by atoms with Crippen LogP contribution in [0.4, 0.5) is 4.79 Å². The van der Waals surface area contributed by atoms with Gasteiger partial charge >= 0.3 is 6.09 Å². The van der Waals surface area contributed by atoms with Crippen molar-refractivity contribution in [2.24, 2.45) is 0 Å². The van der Waals surface area contributed by atoms with E-state index in [1.165, 1.54) is 0 Å². The molecule has 1 saturated carbocycles. The molecule has 6 nitrogen and oxygen atoms in total. The molecule has 0 aromatic heterocycles. The number of carbonyl (C=O) groups excluding carboxylic acids is 1. The summed E-state index contributed by atoms with van der Waals surface area (Å²) in [5.41, 5.74) is 1.01. The summed E-state index contributed by atoms with van der Waals surface area (Å²) in [4.78, 5) is 16.7. The number of hydrogen-bond donors (Lipinski definition) is 2. The molecule has 2 fully saturated rings. The van der Waals surface area contributed by atoms with E-state index in [1.54, 1.807) is 0 Å². The maximum atomic E-state index is 11.8. The van der Waals surface area contributed by atoms with E-state index in [4.69, 9.17) is 4.74 Å². The average Bonchev–Trinajstić information content (AvgIpc) is 2.58. The third-order valence-corrected chi connectivity index (χ3v) is 5.30. The third-order valence-electron chi connectivity index (χ3n) is 5.30. The number of hydrogen-bond acceptors (Lipinski definition) is 5. The summed E-state index contributed by atoms with van der Waals surface area (Å²) in [5.74, 6) is 0. The van der Waals surface area contributed by atoms with Gasteiger partial charge < -0.3 is 20.3 Å². The Balaban J connectivity index is 1.28. The fourth-order valence-electron chi connectivity index (χ4n) is 3.46. The Labute approximate surface area is 150 Å². The van der Waals surface area contributed by atoms with Gasteiger partial charge in [0.1, 0.15) is 6.61 Å². The van der Waals surface area contributed by atoms with Crippen molar-refractivity contribution < 1.29 is 9.53 Å². The Morgan fingerprint density at radius 3 is 2.68 bits per heavy atom.